The normalized spacial score (nSPS) is 10.3. The van der Waals surface area contributed by atoms with E-state index in [1.165, 1.54) is 11.3 Å². The summed E-state index contributed by atoms with van der Waals surface area (Å²) in [6.07, 6.45) is 3.43. The van der Waals surface area contributed by atoms with Crippen LogP contribution in [0.5, 0.6) is 0 Å². The summed E-state index contributed by atoms with van der Waals surface area (Å²) in [5.74, 6) is -0.199. The maximum atomic E-state index is 12.2. The van der Waals surface area contributed by atoms with E-state index in [4.69, 9.17) is 0 Å². The van der Waals surface area contributed by atoms with E-state index in [1.54, 1.807) is 17.8 Å². The number of thiazole rings is 1. The Hall–Kier alpha value is -2.93. The summed E-state index contributed by atoms with van der Waals surface area (Å²) in [6.45, 7) is 0.428. The van der Waals surface area contributed by atoms with Gasteiger partial charge >= 0.3 is 0 Å². The van der Waals surface area contributed by atoms with E-state index in [2.05, 4.69) is 20.6 Å². The first kappa shape index (κ1) is 16.9. The number of rotatable bonds is 6. The number of carbonyl (C=O) groups excluding carboxylic acids is 1. The highest BCUT2D eigenvalue weighted by atomic mass is 32.1. The van der Waals surface area contributed by atoms with Crippen molar-refractivity contribution in [3.63, 3.8) is 0 Å². The fourth-order valence-electron chi connectivity index (χ4n) is 2.20. The number of nitrogens with zero attached hydrogens (tertiary/aromatic N) is 3. The molecule has 0 unspecified atom stereocenters. The van der Waals surface area contributed by atoms with Crippen molar-refractivity contribution in [2.45, 2.75) is 6.54 Å². The molecule has 0 aliphatic heterocycles. The van der Waals surface area contributed by atoms with Crippen LogP contribution in [0.4, 0.5) is 16.5 Å². The first-order valence-electron chi connectivity index (χ1n) is 7.79. The molecule has 3 aromatic rings. The van der Waals surface area contributed by atoms with Gasteiger partial charge < -0.3 is 15.5 Å². The number of carbonyl (C=O) groups is 1. The first-order chi connectivity index (χ1) is 12.1. The average Bonchev–Trinajstić information content (AvgIpc) is 3.09. The standard InChI is InChI=1S/C18H19N5OS/c1-23(2)15-7-3-6-14(9-15)21-18-22-16(12-25-18)17(24)20-11-13-5-4-8-19-10-13/h3-10,12H,11H2,1-2H3,(H,20,24)(H,21,22). The molecular formula is C18H19N5OS. The second-order valence-electron chi connectivity index (χ2n) is 5.65. The van der Waals surface area contributed by atoms with Crippen molar-refractivity contribution >= 4 is 33.8 Å². The second-order valence-corrected chi connectivity index (χ2v) is 6.51. The molecular weight excluding hydrogens is 334 g/mol. The van der Waals surface area contributed by atoms with Crippen molar-refractivity contribution in [1.82, 2.24) is 15.3 Å². The van der Waals surface area contributed by atoms with E-state index in [0.29, 0.717) is 17.4 Å². The number of nitrogens with one attached hydrogen (secondary N) is 2. The Labute approximate surface area is 150 Å². The minimum Gasteiger partial charge on any atom is -0.378 e. The molecule has 2 N–H and O–H groups in total. The van der Waals surface area contributed by atoms with E-state index in [0.717, 1.165) is 16.9 Å². The molecule has 0 fully saturated rings. The minimum absolute atomic E-state index is 0.199. The lowest BCUT2D eigenvalue weighted by atomic mass is 10.2. The zero-order chi connectivity index (χ0) is 17.6. The van der Waals surface area contributed by atoms with Gasteiger partial charge in [0.15, 0.2) is 5.13 Å². The molecule has 0 atom stereocenters. The van der Waals surface area contributed by atoms with Gasteiger partial charge in [-0.2, -0.15) is 0 Å². The zero-order valence-electron chi connectivity index (χ0n) is 14.1. The van der Waals surface area contributed by atoms with Gasteiger partial charge in [0.2, 0.25) is 0 Å². The first-order valence-corrected chi connectivity index (χ1v) is 8.67. The lowest BCUT2D eigenvalue weighted by Gasteiger charge is -2.13. The van der Waals surface area contributed by atoms with Crippen LogP contribution < -0.4 is 15.5 Å². The molecule has 128 valence electrons. The van der Waals surface area contributed by atoms with Gasteiger partial charge in [-0.05, 0) is 29.8 Å². The zero-order valence-corrected chi connectivity index (χ0v) is 14.9. The lowest BCUT2D eigenvalue weighted by molar-refractivity contribution is 0.0946. The fraction of sp³-hybridized carbons (Fsp3) is 0.167. The quantitative estimate of drug-likeness (QED) is 0.712. The van der Waals surface area contributed by atoms with Crippen LogP contribution in [0.2, 0.25) is 0 Å². The molecule has 6 nitrogen and oxygen atoms in total. The van der Waals surface area contributed by atoms with Crippen molar-refractivity contribution < 1.29 is 4.79 Å². The maximum Gasteiger partial charge on any atom is 0.271 e. The predicted octanol–water partition coefficient (Wildman–Crippen LogP) is 3.28. The van der Waals surface area contributed by atoms with Crippen LogP contribution in [-0.2, 0) is 6.54 Å². The number of benzene rings is 1. The molecule has 0 aliphatic carbocycles. The number of hydrogen-bond acceptors (Lipinski definition) is 6. The van der Waals surface area contributed by atoms with E-state index in [1.807, 2.05) is 55.4 Å². The third kappa shape index (κ3) is 4.54. The highest BCUT2D eigenvalue weighted by molar-refractivity contribution is 7.14. The molecule has 0 radical (unpaired) electrons. The molecule has 0 spiro atoms. The molecule has 0 bridgehead atoms. The van der Waals surface area contributed by atoms with Crippen molar-refractivity contribution in [3.8, 4) is 0 Å². The predicted molar refractivity (Wildman–Crippen MR) is 102 cm³/mol. The summed E-state index contributed by atoms with van der Waals surface area (Å²) in [6, 6.07) is 11.8. The number of amides is 1. The van der Waals surface area contributed by atoms with Crippen molar-refractivity contribution in [2.24, 2.45) is 0 Å². The summed E-state index contributed by atoms with van der Waals surface area (Å²) in [4.78, 5) is 22.6. The van der Waals surface area contributed by atoms with Crippen molar-refractivity contribution in [2.75, 3.05) is 24.3 Å². The monoisotopic (exact) mass is 353 g/mol. The summed E-state index contributed by atoms with van der Waals surface area (Å²) in [5.41, 5.74) is 3.38. The molecule has 1 amide bonds. The Morgan fingerprint density at radius 3 is 2.88 bits per heavy atom. The van der Waals surface area contributed by atoms with Gasteiger partial charge in [-0.25, -0.2) is 4.98 Å². The summed E-state index contributed by atoms with van der Waals surface area (Å²) in [5, 5.41) is 8.52. The molecule has 0 saturated heterocycles. The van der Waals surface area contributed by atoms with Gasteiger partial charge in [0, 0.05) is 49.8 Å². The maximum absolute atomic E-state index is 12.2. The highest BCUT2D eigenvalue weighted by Crippen LogP contribution is 2.24. The van der Waals surface area contributed by atoms with E-state index in [9.17, 15) is 4.79 Å². The fourth-order valence-corrected chi connectivity index (χ4v) is 2.91. The number of pyridine rings is 1. The molecule has 0 saturated carbocycles. The second kappa shape index (κ2) is 7.76. The molecule has 7 heteroatoms. The molecule has 25 heavy (non-hydrogen) atoms. The number of anilines is 3. The largest absolute Gasteiger partial charge is 0.378 e. The third-order valence-electron chi connectivity index (χ3n) is 3.53. The van der Waals surface area contributed by atoms with Crippen LogP contribution in [0.15, 0.2) is 54.2 Å². The summed E-state index contributed by atoms with van der Waals surface area (Å²) in [7, 11) is 3.99. The van der Waals surface area contributed by atoms with Crippen LogP contribution in [0.25, 0.3) is 0 Å². The van der Waals surface area contributed by atoms with Crippen molar-refractivity contribution in [1.29, 1.82) is 0 Å². The van der Waals surface area contributed by atoms with Crippen LogP contribution >= 0.6 is 11.3 Å². The van der Waals surface area contributed by atoms with E-state index >= 15 is 0 Å². The molecule has 0 aliphatic rings. The Bertz CT molecular complexity index is 847. The van der Waals surface area contributed by atoms with E-state index in [-0.39, 0.29) is 5.91 Å². The molecule has 2 aromatic heterocycles. The molecule has 1 aromatic carbocycles. The van der Waals surface area contributed by atoms with Crippen LogP contribution in [0.3, 0.4) is 0 Å². The average molecular weight is 353 g/mol. The molecule has 3 rings (SSSR count). The minimum atomic E-state index is -0.199. The van der Waals surface area contributed by atoms with Gasteiger partial charge in [-0.3, -0.25) is 9.78 Å². The van der Waals surface area contributed by atoms with Gasteiger partial charge in [0.25, 0.3) is 5.91 Å². The van der Waals surface area contributed by atoms with Gasteiger partial charge in [0.05, 0.1) is 0 Å². The Kier molecular flexibility index (Phi) is 5.25. The van der Waals surface area contributed by atoms with Gasteiger partial charge in [-0.15, -0.1) is 11.3 Å². The number of aromatic nitrogens is 2. The summed E-state index contributed by atoms with van der Waals surface area (Å²) < 4.78 is 0. The smallest absolute Gasteiger partial charge is 0.271 e. The van der Waals surface area contributed by atoms with Crippen LogP contribution in [0.1, 0.15) is 16.1 Å². The topological polar surface area (TPSA) is 70.2 Å². The SMILES string of the molecule is CN(C)c1cccc(Nc2nc(C(=O)NCc3cccnc3)cs2)c1. The Balaban J connectivity index is 1.62. The van der Waals surface area contributed by atoms with Crippen molar-refractivity contribution in [3.05, 3.63) is 65.4 Å². The molecule has 2 heterocycles. The summed E-state index contributed by atoms with van der Waals surface area (Å²) >= 11 is 1.40. The van der Waals surface area contributed by atoms with E-state index < -0.39 is 0 Å². The lowest BCUT2D eigenvalue weighted by Crippen LogP contribution is -2.23. The Morgan fingerprint density at radius 1 is 1.24 bits per heavy atom. The van der Waals surface area contributed by atoms with Gasteiger partial charge in [0.1, 0.15) is 5.69 Å². The number of hydrogen-bond donors (Lipinski definition) is 2. The van der Waals surface area contributed by atoms with Gasteiger partial charge in [-0.1, -0.05) is 12.1 Å². The third-order valence-corrected chi connectivity index (χ3v) is 4.28. The van der Waals surface area contributed by atoms with Crippen LogP contribution in [-0.4, -0.2) is 30.0 Å². The highest BCUT2D eigenvalue weighted by Gasteiger charge is 2.11. The van der Waals surface area contributed by atoms with Crippen LogP contribution in [0, 0.1) is 0 Å². The Morgan fingerprint density at radius 2 is 2.12 bits per heavy atom.